The molecule has 0 saturated carbocycles. The Kier molecular flexibility index (Phi) is 4.49. The van der Waals surface area contributed by atoms with Gasteiger partial charge in [0.05, 0.1) is 5.69 Å². The number of carbonyl (C=O) groups excluding carboxylic acids is 1. The van der Waals surface area contributed by atoms with E-state index in [-0.39, 0.29) is 5.69 Å². The molecule has 2 amide bonds. The van der Waals surface area contributed by atoms with Crippen LogP contribution in [0.25, 0.3) is 0 Å². The second-order valence-corrected chi connectivity index (χ2v) is 4.97. The molecule has 1 aromatic heterocycles. The molecular formula is C13H10F2N2O3S. The Morgan fingerprint density at radius 2 is 1.95 bits per heavy atom. The number of halogens is 2. The molecule has 5 nitrogen and oxygen atoms in total. The molecule has 2 aromatic rings. The van der Waals surface area contributed by atoms with Gasteiger partial charge in [-0.2, -0.15) is 0 Å². The third-order valence-electron chi connectivity index (χ3n) is 2.55. The highest BCUT2D eigenvalue weighted by Crippen LogP contribution is 2.20. The molecule has 0 aliphatic heterocycles. The molecule has 0 fully saturated rings. The molecule has 0 spiro atoms. The Labute approximate surface area is 122 Å². The number of benzene rings is 1. The number of thiophene rings is 1. The fraction of sp³-hybridized carbons (Fsp3) is 0.0769. The van der Waals surface area contributed by atoms with E-state index in [1.807, 2.05) is 0 Å². The van der Waals surface area contributed by atoms with Crippen molar-refractivity contribution in [2.24, 2.45) is 0 Å². The minimum atomic E-state index is -1.26. The monoisotopic (exact) mass is 312 g/mol. The number of urea groups is 1. The summed E-state index contributed by atoms with van der Waals surface area (Å²) in [5, 5.41) is 15.0. The largest absolute Gasteiger partial charge is 0.479 e. The van der Waals surface area contributed by atoms with Crippen LogP contribution in [0.2, 0.25) is 0 Å². The number of carbonyl (C=O) groups is 2. The molecule has 21 heavy (non-hydrogen) atoms. The number of carboxylic acid groups (broad SMARTS) is 1. The molecule has 8 heteroatoms. The van der Waals surface area contributed by atoms with Crippen LogP contribution in [0.5, 0.6) is 0 Å². The van der Waals surface area contributed by atoms with Crippen molar-refractivity contribution in [3.05, 3.63) is 52.2 Å². The predicted octanol–water partition coefficient (Wildman–Crippen LogP) is 2.97. The molecule has 1 unspecified atom stereocenters. The Bertz CT molecular complexity index is 661. The summed E-state index contributed by atoms with van der Waals surface area (Å²) in [6.07, 6.45) is 0. The molecule has 3 N–H and O–H groups in total. The van der Waals surface area contributed by atoms with E-state index in [1.54, 1.807) is 17.5 Å². The van der Waals surface area contributed by atoms with Gasteiger partial charge in [-0.1, -0.05) is 12.1 Å². The fourth-order valence-electron chi connectivity index (χ4n) is 1.60. The van der Waals surface area contributed by atoms with E-state index in [0.29, 0.717) is 4.88 Å². The van der Waals surface area contributed by atoms with Gasteiger partial charge in [0.2, 0.25) is 0 Å². The lowest BCUT2D eigenvalue weighted by Gasteiger charge is -2.14. The standard InChI is InChI=1S/C13H10F2N2O3S/c14-7-3-1-4-8(10(7)15)16-13(20)17-11(12(18)19)9-5-2-6-21-9/h1-6,11H,(H,18,19)(H2,16,17,20). The molecule has 1 atom stereocenters. The van der Waals surface area contributed by atoms with Crippen molar-refractivity contribution in [1.29, 1.82) is 0 Å². The second-order valence-electron chi connectivity index (χ2n) is 3.99. The van der Waals surface area contributed by atoms with Crippen LogP contribution in [0, 0.1) is 11.6 Å². The van der Waals surface area contributed by atoms with Gasteiger partial charge >= 0.3 is 12.0 Å². The van der Waals surface area contributed by atoms with E-state index in [0.717, 1.165) is 17.4 Å². The third-order valence-corrected chi connectivity index (χ3v) is 3.49. The first kappa shape index (κ1) is 14.9. The van der Waals surface area contributed by atoms with Crippen molar-refractivity contribution in [2.45, 2.75) is 6.04 Å². The number of anilines is 1. The maximum Gasteiger partial charge on any atom is 0.331 e. The molecule has 2 rings (SSSR count). The first-order valence-electron chi connectivity index (χ1n) is 5.77. The highest BCUT2D eigenvalue weighted by Gasteiger charge is 2.23. The van der Waals surface area contributed by atoms with Gasteiger partial charge in [0.15, 0.2) is 17.7 Å². The van der Waals surface area contributed by atoms with Gasteiger partial charge < -0.3 is 15.7 Å². The van der Waals surface area contributed by atoms with Crippen LogP contribution >= 0.6 is 11.3 Å². The zero-order valence-corrected chi connectivity index (χ0v) is 11.3. The van der Waals surface area contributed by atoms with E-state index >= 15 is 0 Å². The minimum absolute atomic E-state index is 0.372. The number of hydrogen-bond acceptors (Lipinski definition) is 3. The highest BCUT2D eigenvalue weighted by atomic mass is 32.1. The molecule has 0 bridgehead atoms. The van der Waals surface area contributed by atoms with Gasteiger partial charge in [-0.25, -0.2) is 18.4 Å². The molecule has 0 aliphatic rings. The summed E-state index contributed by atoms with van der Waals surface area (Å²) in [6.45, 7) is 0. The Hall–Kier alpha value is -2.48. The average molecular weight is 312 g/mol. The highest BCUT2D eigenvalue weighted by molar-refractivity contribution is 7.10. The zero-order chi connectivity index (χ0) is 15.4. The minimum Gasteiger partial charge on any atom is -0.479 e. The average Bonchev–Trinajstić information content (AvgIpc) is 2.95. The number of aliphatic carboxylic acids is 1. The van der Waals surface area contributed by atoms with Crippen molar-refractivity contribution in [2.75, 3.05) is 5.32 Å². The number of hydrogen-bond donors (Lipinski definition) is 3. The Morgan fingerprint density at radius 3 is 2.57 bits per heavy atom. The smallest absolute Gasteiger partial charge is 0.331 e. The quantitative estimate of drug-likeness (QED) is 0.812. The first-order valence-corrected chi connectivity index (χ1v) is 6.64. The summed E-state index contributed by atoms with van der Waals surface area (Å²) in [5.41, 5.74) is -0.372. The summed E-state index contributed by atoms with van der Waals surface area (Å²) >= 11 is 1.16. The lowest BCUT2D eigenvalue weighted by atomic mass is 10.2. The van der Waals surface area contributed by atoms with Crippen LogP contribution < -0.4 is 10.6 Å². The number of amides is 2. The van der Waals surface area contributed by atoms with Crippen LogP contribution in [0.4, 0.5) is 19.3 Å². The lowest BCUT2D eigenvalue weighted by Crippen LogP contribution is -2.36. The number of nitrogens with one attached hydrogen (secondary N) is 2. The normalized spacial score (nSPS) is 11.7. The molecular weight excluding hydrogens is 302 g/mol. The Balaban J connectivity index is 2.10. The van der Waals surface area contributed by atoms with Crippen molar-refractivity contribution in [1.82, 2.24) is 5.32 Å². The van der Waals surface area contributed by atoms with Gasteiger partial charge in [-0.15, -0.1) is 11.3 Å². The van der Waals surface area contributed by atoms with Gasteiger partial charge in [-0.3, -0.25) is 0 Å². The zero-order valence-electron chi connectivity index (χ0n) is 10.5. The maximum atomic E-state index is 13.4. The number of rotatable bonds is 4. The topological polar surface area (TPSA) is 78.4 Å². The van der Waals surface area contributed by atoms with E-state index in [4.69, 9.17) is 5.11 Å². The first-order chi connectivity index (χ1) is 9.99. The van der Waals surface area contributed by atoms with Crippen LogP contribution in [0.15, 0.2) is 35.7 Å². The summed E-state index contributed by atoms with van der Waals surface area (Å²) in [4.78, 5) is 23.3. The lowest BCUT2D eigenvalue weighted by molar-refractivity contribution is -0.139. The van der Waals surface area contributed by atoms with Crippen LogP contribution in [-0.2, 0) is 4.79 Å². The van der Waals surface area contributed by atoms with Crippen LogP contribution in [0.1, 0.15) is 10.9 Å². The van der Waals surface area contributed by atoms with Crippen molar-refractivity contribution in [3.63, 3.8) is 0 Å². The van der Waals surface area contributed by atoms with Gasteiger partial charge in [0.1, 0.15) is 0 Å². The third kappa shape index (κ3) is 3.54. The molecule has 0 aliphatic carbocycles. The van der Waals surface area contributed by atoms with E-state index in [2.05, 4.69) is 10.6 Å². The SMILES string of the molecule is O=C(Nc1cccc(F)c1F)NC(C(=O)O)c1cccs1. The molecule has 0 saturated heterocycles. The van der Waals surface area contributed by atoms with Gasteiger partial charge in [0, 0.05) is 4.88 Å². The Morgan fingerprint density at radius 1 is 1.19 bits per heavy atom. The van der Waals surface area contributed by atoms with E-state index < -0.39 is 29.7 Å². The van der Waals surface area contributed by atoms with Gasteiger partial charge in [0.25, 0.3) is 0 Å². The molecule has 110 valence electrons. The maximum absolute atomic E-state index is 13.4. The van der Waals surface area contributed by atoms with Crippen LogP contribution in [-0.4, -0.2) is 17.1 Å². The van der Waals surface area contributed by atoms with Crippen molar-refractivity contribution in [3.8, 4) is 0 Å². The fourth-order valence-corrected chi connectivity index (χ4v) is 2.37. The van der Waals surface area contributed by atoms with Crippen molar-refractivity contribution < 1.29 is 23.5 Å². The van der Waals surface area contributed by atoms with E-state index in [1.165, 1.54) is 12.1 Å². The molecule has 1 aromatic carbocycles. The molecule has 1 heterocycles. The van der Waals surface area contributed by atoms with Crippen LogP contribution in [0.3, 0.4) is 0 Å². The summed E-state index contributed by atoms with van der Waals surface area (Å²) in [7, 11) is 0. The number of carboxylic acids is 1. The second kappa shape index (κ2) is 6.31. The molecule has 0 radical (unpaired) electrons. The predicted molar refractivity (Wildman–Crippen MR) is 73.2 cm³/mol. The summed E-state index contributed by atoms with van der Waals surface area (Å²) in [5.74, 6) is -3.58. The van der Waals surface area contributed by atoms with Gasteiger partial charge in [-0.05, 0) is 23.6 Å². The van der Waals surface area contributed by atoms with Crippen molar-refractivity contribution >= 4 is 29.0 Å². The van der Waals surface area contributed by atoms with E-state index in [9.17, 15) is 18.4 Å². The summed E-state index contributed by atoms with van der Waals surface area (Å²) in [6, 6.07) is 4.28. The summed E-state index contributed by atoms with van der Waals surface area (Å²) < 4.78 is 26.4.